The van der Waals surface area contributed by atoms with Gasteiger partial charge in [0.1, 0.15) is 17.3 Å². The molecule has 0 aliphatic carbocycles. The maximum absolute atomic E-state index is 11.9. The van der Waals surface area contributed by atoms with Crippen molar-refractivity contribution in [2.24, 2.45) is 14.1 Å². The second kappa shape index (κ2) is 6.98. The maximum Gasteiger partial charge on any atom is 0.330 e. The minimum atomic E-state index is -0.351. The lowest BCUT2D eigenvalue weighted by Gasteiger charge is -2.07. The summed E-state index contributed by atoms with van der Waals surface area (Å²) in [4.78, 5) is 28.0. The standard InChI is InChI=1S/C16H17N5O3S/c1-10-4-5-12(24-10)6-7-13-17-15(19-18-13)25-9-11-8-14(22)21(3)16(23)20(11)2/h4-8H,9H2,1-3H3,(H,17,18,19)/b7-6+. The zero-order valence-electron chi connectivity index (χ0n) is 14.0. The first-order valence-corrected chi connectivity index (χ1v) is 8.48. The van der Waals surface area contributed by atoms with Crippen LogP contribution in [0.2, 0.25) is 0 Å². The Morgan fingerprint density at radius 2 is 2.04 bits per heavy atom. The predicted octanol–water partition coefficient (Wildman–Crippen LogP) is 1.57. The highest BCUT2D eigenvalue weighted by atomic mass is 32.2. The number of nitrogens with zero attached hydrogens (tertiary/aromatic N) is 4. The number of hydrogen-bond acceptors (Lipinski definition) is 6. The fourth-order valence-corrected chi connectivity index (χ4v) is 2.98. The van der Waals surface area contributed by atoms with Crippen LogP contribution in [0.15, 0.2) is 37.4 Å². The second-order valence-electron chi connectivity index (χ2n) is 5.45. The van der Waals surface area contributed by atoms with Crippen LogP contribution in [0, 0.1) is 6.92 Å². The Morgan fingerprint density at radius 3 is 2.76 bits per heavy atom. The van der Waals surface area contributed by atoms with Gasteiger partial charge in [-0.3, -0.25) is 19.0 Å². The highest BCUT2D eigenvalue weighted by molar-refractivity contribution is 7.98. The van der Waals surface area contributed by atoms with E-state index in [2.05, 4.69) is 15.2 Å². The Balaban J connectivity index is 1.69. The summed E-state index contributed by atoms with van der Waals surface area (Å²) in [5, 5.41) is 7.47. The van der Waals surface area contributed by atoms with Crippen LogP contribution in [0.5, 0.6) is 0 Å². The number of nitrogens with one attached hydrogen (secondary N) is 1. The summed E-state index contributed by atoms with van der Waals surface area (Å²) in [7, 11) is 3.09. The van der Waals surface area contributed by atoms with Crippen molar-refractivity contribution in [2.45, 2.75) is 17.8 Å². The molecule has 25 heavy (non-hydrogen) atoms. The van der Waals surface area contributed by atoms with Crippen LogP contribution < -0.4 is 11.2 Å². The third-order valence-corrected chi connectivity index (χ3v) is 4.50. The average molecular weight is 359 g/mol. The Labute approximate surface area is 147 Å². The third kappa shape index (κ3) is 3.82. The van der Waals surface area contributed by atoms with Crippen LogP contribution in [-0.4, -0.2) is 24.3 Å². The van der Waals surface area contributed by atoms with Gasteiger partial charge in [0.2, 0.25) is 5.16 Å². The normalized spacial score (nSPS) is 11.5. The summed E-state index contributed by atoms with van der Waals surface area (Å²) in [6.45, 7) is 1.88. The monoisotopic (exact) mass is 359 g/mol. The molecule has 9 heteroatoms. The summed E-state index contributed by atoms with van der Waals surface area (Å²) in [6, 6.07) is 5.20. The molecule has 0 fully saturated rings. The molecular formula is C16H17N5O3S. The van der Waals surface area contributed by atoms with Crippen LogP contribution >= 0.6 is 11.8 Å². The lowest BCUT2D eigenvalue weighted by atomic mass is 10.4. The molecule has 0 atom stereocenters. The molecule has 3 heterocycles. The lowest BCUT2D eigenvalue weighted by molar-refractivity contribution is 0.525. The van der Waals surface area contributed by atoms with Crippen LogP contribution in [0.25, 0.3) is 12.2 Å². The van der Waals surface area contributed by atoms with Gasteiger partial charge in [0, 0.05) is 31.6 Å². The van der Waals surface area contributed by atoms with Gasteiger partial charge < -0.3 is 4.42 Å². The number of H-pyrrole nitrogens is 1. The molecule has 3 aromatic heterocycles. The van der Waals surface area contributed by atoms with Gasteiger partial charge in [0.05, 0.1) is 0 Å². The number of hydrogen-bond donors (Lipinski definition) is 1. The fourth-order valence-electron chi connectivity index (χ4n) is 2.16. The van der Waals surface area contributed by atoms with Crippen molar-refractivity contribution in [3.05, 3.63) is 62.1 Å². The lowest BCUT2D eigenvalue weighted by Crippen LogP contribution is -2.37. The smallest absolute Gasteiger partial charge is 0.330 e. The van der Waals surface area contributed by atoms with E-state index in [1.54, 1.807) is 19.2 Å². The zero-order chi connectivity index (χ0) is 18.0. The SMILES string of the molecule is Cc1ccc(/C=C/c2nc(SCc3cc(=O)n(C)c(=O)n3C)n[nH]2)o1. The van der Waals surface area contributed by atoms with Crippen molar-refractivity contribution >= 4 is 23.9 Å². The third-order valence-electron chi connectivity index (χ3n) is 3.62. The van der Waals surface area contributed by atoms with E-state index in [0.29, 0.717) is 22.4 Å². The number of thioether (sulfide) groups is 1. The number of furan rings is 1. The average Bonchev–Trinajstić information content (AvgIpc) is 3.22. The second-order valence-corrected chi connectivity index (χ2v) is 6.39. The van der Waals surface area contributed by atoms with Gasteiger partial charge in [0.15, 0.2) is 0 Å². The summed E-state index contributed by atoms with van der Waals surface area (Å²) >= 11 is 1.34. The van der Waals surface area contributed by atoms with E-state index in [9.17, 15) is 9.59 Å². The van der Waals surface area contributed by atoms with Gasteiger partial charge in [-0.2, -0.15) is 0 Å². The van der Waals surface area contributed by atoms with E-state index < -0.39 is 0 Å². The number of aromatic amines is 1. The first kappa shape index (κ1) is 17.0. The molecule has 1 N–H and O–H groups in total. The Morgan fingerprint density at radius 1 is 1.24 bits per heavy atom. The number of aromatic nitrogens is 5. The van der Waals surface area contributed by atoms with Gasteiger partial charge in [0.25, 0.3) is 5.56 Å². The molecular weight excluding hydrogens is 342 g/mol. The van der Waals surface area contributed by atoms with Crippen molar-refractivity contribution in [3.63, 3.8) is 0 Å². The molecule has 0 unspecified atom stereocenters. The van der Waals surface area contributed by atoms with E-state index in [1.807, 2.05) is 19.1 Å². The van der Waals surface area contributed by atoms with Crippen LogP contribution in [0.3, 0.4) is 0 Å². The topological polar surface area (TPSA) is 98.7 Å². The molecule has 3 aromatic rings. The Bertz CT molecular complexity index is 1040. The van der Waals surface area contributed by atoms with Gasteiger partial charge >= 0.3 is 5.69 Å². The van der Waals surface area contributed by atoms with Crippen LogP contribution in [0.1, 0.15) is 23.0 Å². The highest BCUT2D eigenvalue weighted by Crippen LogP contribution is 2.18. The minimum absolute atomic E-state index is 0.328. The maximum atomic E-state index is 11.9. The van der Waals surface area contributed by atoms with Crippen LogP contribution in [-0.2, 0) is 19.8 Å². The highest BCUT2D eigenvalue weighted by Gasteiger charge is 2.08. The summed E-state index contributed by atoms with van der Waals surface area (Å²) in [6.07, 6.45) is 3.57. The molecule has 0 aromatic carbocycles. The predicted molar refractivity (Wildman–Crippen MR) is 95.2 cm³/mol. The molecule has 130 valence electrons. The first-order chi connectivity index (χ1) is 11.9. The summed E-state index contributed by atoms with van der Waals surface area (Å²) in [5.74, 6) is 2.58. The van der Waals surface area contributed by atoms with E-state index in [0.717, 1.165) is 16.1 Å². The molecule has 0 aliphatic heterocycles. The Kier molecular flexibility index (Phi) is 4.75. The van der Waals surface area contributed by atoms with E-state index in [-0.39, 0.29) is 11.2 Å². The first-order valence-electron chi connectivity index (χ1n) is 7.49. The zero-order valence-corrected chi connectivity index (χ0v) is 14.8. The van der Waals surface area contributed by atoms with Crippen molar-refractivity contribution in [1.29, 1.82) is 0 Å². The van der Waals surface area contributed by atoms with Gasteiger partial charge in [-0.15, -0.1) is 5.10 Å². The largest absolute Gasteiger partial charge is 0.462 e. The van der Waals surface area contributed by atoms with Gasteiger partial charge in [-0.25, -0.2) is 9.78 Å². The van der Waals surface area contributed by atoms with Crippen molar-refractivity contribution < 1.29 is 4.42 Å². The molecule has 0 saturated heterocycles. The molecule has 3 rings (SSSR count). The molecule has 8 nitrogen and oxygen atoms in total. The number of rotatable bonds is 5. The van der Waals surface area contributed by atoms with Gasteiger partial charge in [-0.1, -0.05) is 11.8 Å². The van der Waals surface area contributed by atoms with Crippen molar-refractivity contribution in [3.8, 4) is 0 Å². The summed E-state index contributed by atoms with van der Waals surface area (Å²) in [5.41, 5.74) is -0.0624. The van der Waals surface area contributed by atoms with E-state index in [4.69, 9.17) is 4.42 Å². The quantitative estimate of drug-likeness (QED) is 0.694. The van der Waals surface area contributed by atoms with Crippen molar-refractivity contribution in [1.82, 2.24) is 24.3 Å². The Hall–Kier alpha value is -2.81. The van der Waals surface area contributed by atoms with E-state index in [1.165, 1.54) is 29.4 Å². The molecule has 0 bridgehead atoms. The molecule has 0 aliphatic rings. The van der Waals surface area contributed by atoms with Crippen molar-refractivity contribution in [2.75, 3.05) is 0 Å². The number of aryl methyl sites for hydroxylation is 1. The summed E-state index contributed by atoms with van der Waals surface area (Å²) < 4.78 is 7.96. The van der Waals surface area contributed by atoms with Crippen LogP contribution in [0.4, 0.5) is 0 Å². The molecule has 0 amide bonds. The molecule has 0 radical (unpaired) electrons. The van der Waals surface area contributed by atoms with E-state index >= 15 is 0 Å². The minimum Gasteiger partial charge on any atom is -0.462 e. The molecule has 0 saturated carbocycles. The van der Waals surface area contributed by atoms with Gasteiger partial charge in [-0.05, 0) is 31.2 Å². The molecule has 0 spiro atoms. The fraction of sp³-hybridized carbons (Fsp3) is 0.250.